The van der Waals surface area contributed by atoms with Gasteiger partial charge in [-0.3, -0.25) is 0 Å². The maximum Gasteiger partial charge on any atom is 0.183 e. The van der Waals surface area contributed by atoms with Crippen molar-refractivity contribution in [3.05, 3.63) is 53.9 Å². The summed E-state index contributed by atoms with van der Waals surface area (Å²) < 4.78 is 5.66. The van der Waals surface area contributed by atoms with Crippen LogP contribution < -0.4 is 4.74 Å². The molecule has 0 unspecified atom stereocenters. The Hall–Kier alpha value is -2.34. The number of nitriles is 1. The maximum atomic E-state index is 8.90. The third-order valence-electron chi connectivity index (χ3n) is 2.41. The molecular formula is C14H12N2O. The summed E-state index contributed by atoms with van der Waals surface area (Å²) in [6.45, 7) is 2.09. The molecule has 3 heteroatoms. The minimum absolute atomic E-state index is 0.300. The summed E-state index contributed by atoms with van der Waals surface area (Å²) in [7, 11) is 0. The van der Waals surface area contributed by atoms with Gasteiger partial charge in [0.1, 0.15) is 11.8 Å². The van der Waals surface area contributed by atoms with Gasteiger partial charge in [0.25, 0.3) is 0 Å². The monoisotopic (exact) mass is 224 g/mol. The Morgan fingerprint density at radius 1 is 1.29 bits per heavy atom. The topological polar surface area (TPSA) is 45.9 Å². The highest BCUT2D eigenvalue weighted by Crippen LogP contribution is 2.24. The highest BCUT2D eigenvalue weighted by Gasteiger charge is 2.04. The van der Waals surface area contributed by atoms with Crippen molar-refractivity contribution >= 4 is 0 Å². The van der Waals surface area contributed by atoms with Crippen molar-refractivity contribution in [1.29, 1.82) is 5.26 Å². The number of pyridine rings is 1. The van der Waals surface area contributed by atoms with E-state index in [1.54, 1.807) is 18.3 Å². The molecule has 1 aromatic heterocycles. The van der Waals surface area contributed by atoms with Crippen molar-refractivity contribution in [2.75, 3.05) is 0 Å². The molecule has 2 rings (SSSR count). The maximum absolute atomic E-state index is 8.90. The third-order valence-corrected chi connectivity index (χ3v) is 2.41. The first-order chi connectivity index (χ1) is 8.33. The van der Waals surface area contributed by atoms with Gasteiger partial charge in [-0.1, -0.05) is 19.1 Å². The van der Waals surface area contributed by atoms with Crippen molar-refractivity contribution in [3.63, 3.8) is 0 Å². The first-order valence-electron chi connectivity index (χ1n) is 5.45. The number of benzene rings is 1. The Kier molecular flexibility index (Phi) is 3.37. The van der Waals surface area contributed by atoms with Gasteiger partial charge in [0.15, 0.2) is 11.4 Å². The van der Waals surface area contributed by atoms with Crippen molar-refractivity contribution in [2.24, 2.45) is 0 Å². The van der Waals surface area contributed by atoms with Crippen LogP contribution in [0.3, 0.4) is 0 Å². The van der Waals surface area contributed by atoms with E-state index in [4.69, 9.17) is 10.00 Å². The summed E-state index contributed by atoms with van der Waals surface area (Å²) in [5.74, 6) is 1.22. The minimum Gasteiger partial charge on any atom is -0.454 e. The second-order valence-electron chi connectivity index (χ2n) is 3.56. The molecule has 2 aromatic rings. The Balaban J connectivity index is 2.28. The zero-order chi connectivity index (χ0) is 12.1. The molecule has 17 heavy (non-hydrogen) atoms. The fraction of sp³-hybridized carbons (Fsp3) is 0.143. The van der Waals surface area contributed by atoms with Crippen LogP contribution in [0.15, 0.2) is 42.6 Å². The molecule has 0 fully saturated rings. The Bertz CT molecular complexity index is 558. The lowest BCUT2D eigenvalue weighted by atomic mass is 10.2. The SMILES string of the molecule is CCc1cccc(Oc2cccnc2C#N)c1. The van der Waals surface area contributed by atoms with Gasteiger partial charge in [-0.25, -0.2) is 4.98 Å². The molecule has 0 aliphatic rings. The molecule has 1 aromatic carbocycles. The van der Waals surface area contributed by atoms with Gasteiger partial charge in [0.05, 0.1) is 0 Å². The predicted octanol–water partition coefficient (Wildman–Crippen LogP) is 3.31. The fourth-order valence-electron chi connectivity index (χ4n) is 1.51. The van der Waals surface area contributed by atoms with E-state index in [0.717, 1.165) is 12.2 Å². The lowest BCUT2D eigenvalue weighted by Crippen LogP contribution is -1.91. The van der Waals surface area contributed by atoms with Crippen LogP contribution in [0.1, 0.15) is 18.2 Å². The van der Waals surface area contributed by atoms with Crippen molar-refractivity contribution in [3.8, 4) is 17.6 Å². The van der Waals surface area contributed by atoms with E-state index >= 15 is 0 Å². The van der Waals surface area contributed by atoms with Crippen molar-refractivity contribution < 1.29 is 4.74 Å². The van der Waals surface area contributed by atoms with E-state index < -0.39 is 0 Å². The molecule has 3 nitrogen and oxygen atoms in total. The summed E-state index contributed by atoms with van der Waals surface area (Å²) >= 11 is 0. The number of hydrogen-bond donors (Lipinski definition) is 0. The second-order valence-corrected chi connectivity index (χ2v) is 3.56. The lowest BCUT2D eigenvalue weighted by Gasteiger charge is -2.07. The molecule has 0 radical (unpaired) electrons. The zero-order valence-electron chi connectivity index (χ0n) is 9.55. The van der Waals surface area contributed by atoms with E-state index in [2.05, 4.69) is 11.9 Å². The molecule has 84 valence electrons. The van der Waals surface area contributed by atoms with Crippen LogP contribution in [0.2, 0.25) is 0 Å². The number of aryl methyl sites for hydroxylation is 1. The average Bonchev–Trinajstić information content (AvgIpc) is 2.39. The van der Waals surface area contributed by atoms with Crippen LogP contribution in [0.5, 0.6) is 11.5 Å². The number of rotatable bonds is 3. The number of ether oxygens (including phenoxy) is 1. The van der Waals surface area contributed by atoms with Gasteiger partial charge in [0.2, 0.25) is 0 Å². The van der Waals surface area contributed by atoms with E-state index in [1.807, 2.05) is 30.3 Å². The summed E-state index contributed by atoms with van der Waals surface area (Å²) in [6, 6.07) is 13.3. The van der Waals surface area contributed by atoms with Crippen LogP contribution in [0.25, 0.3) is 0 Å². The standard InChI is InChI=1S/C14H12N2O/c1-2-11-5-3-6-12(9-11)17-14-7-4-8-16-13(14)10-15/h3-9H,2H2,1H3. The Morgan fingerprint density at radius 2 is 2.18 bits per heavy atom. The van der Waals surface area contributed by atoms with E-state index in [1.165, 1.54) is 5.56 Å². The number of nitrogens with zero attached hydrogens (tertiary/aromatic N) is 2. The third kappa shape index (κ3) is 2.61. The summed E-state index contributed by atoms with van der Waals surface area (Å²) in [5.41, 5.74) is 1.50. The van der Waals surface area contributed by atoms with Crippen LogP contribution in [-0.4, -0.2) is 4.98 Å². The van der Waals surface area contributed by atoms with Crippen LogP contribution in [0, 0.1) is 11.3 Å². The van der Waals surface area contributed by atoms with Gasteiger partial charge in [-0.05, 0) is 36.2 Å². The van der Waals surface area contributed by atoms with Crippen molar-refractivity contribution in [2.45, 2.75) is 13.3 Å². The first kappa shape index (κ1) is 11.2. The number of aromatic nitrogens is 1. The van der Waals surface area contributed by atoms with Gasteiger partial charge in [-0.15, -0.1) is 0 Å². The van der Waals surface area contributed by atoms with Crippen LogP contribution in [-0.2, 0) is 6.42 Å². The summed E-state index contributed by atoms with van der Waals surface area (Å²) in [6.07, 6.45) is 2.53. The van der Waals surface area contributed by atoms with Crippen LogP contribution >= 0.6 is 0 Å². The second kappa shape index (κ2) is 5.13. The highest BCUT2D eigenvalue weighted by atomic mass is 16.5. The Labute approximate surface area is 100 Å². The predicted molar refractivity (Wildman–Crippen MR) is 64.8 cm³/mol. The lowest BCUT2D eigenvalue weighted by molar-refractivity contribution is 0.478. The molecular weight excluding hydrogens is 212 g/mol. The van der Waals surface area contributed by atoms with Gasteiger partial charge in [-0.2, -0.15) is 5.26 Å². The highest BCUT2D eigenvalue weighted by molar-refractivity contribution is 5.40. The molecule has 1 heterocycles. The van der Waals surface area contributed by atoms with Gasteiger partial charge in [0, 0.05) is 6.20 Å². The molecule has 0 aliphatic carbocycles. The molecule has 0 saturated carbocycles. The minimum atomic E-state index is 0.300. The molecule has 0 saturated heterocycles. The Morgan fingerprint density at radius 3 is 2.94 bits per heavy atom. The van der Waals surface area contributed by atoms with Crippen molar-refractivity contribution in [1.82, 2.24) is 4.98 Å². The summed E-state index contributed by atoms with van der Waals surface area (Å²) in [4.78, 5) is 3.95. The van der Waals surface area contributed by atoms with Crippen LogP contribution in [0.4, 0.5) is 0 Å². The molecule has 0 bridgehead atoms. The molecule has 0 aliphatic heterocycles. The van der Waals surface area contributed by atoms with Gasteiger partial charge < -0.3 is 4.74 Å². The smallest absolute Gasteiger partial charge is 0.183 e. The number of hydrogen-bond acceptors (Lipinski definition) is 3. The molecule has 0 N–H and O–H groups in total. The summed E-state index contributed by atoms with van der Waals surface area (Å²) in [5, 5.41) is 8.90. The quantitative estimate of drug-likeness (QED) is 0.803. The molecule has 0 spiro atoms. The van der Waals surface area contributed by atoms with E-state index in [-0.39, 0.29) is 0 Å². The van der Waals surface area contributed by atoms with Gasteiger partial charge >= 0.3 is 0 Å². The fourth-order valence-corrected chi connectivity index (χ4v) is 1.51. The zero-order valence-corrected chi connectivity index (χ0v) is 9.55. The first-order valence-corrected chi connectivity index (χ1v) is 5.45. The normalized spacial score (nSPS) is 9.65. The molecule has 0 amide bonds. The van der Waals surface area contributed by atoms with E-state index in [0.29, 0.717) is 11.4 Å². The molecule has 0 atom stereocenters. The average molecular weight is 224 g/mol. The largest absolute Gasteiger partial charge is 0.454 e. The van der Waals surface area contributed by atoms with E-state index in [9.17, 15) is 0 Å².